The van der Waals surface area contributed by atoms with Gasteiger partial charge in [0.05, 0.1) is 7.11 Å². The van der Waals surface area contributed by atoms with Crippen molar-refractivity contribution in [3.63, 3.8) is 0 Å². The molecule has 30 heavy (non-hydrogen) atoms. The van der Waals surface area contributed by atoms with Gasteiger partial charge >= 0.3 is 11.7 Å². The molecule has 1 aromatic carbocycles. The minimum absolute atomic E-state index is 0.252. The maximum atomic E-state index is 13.2. The quantitative estimate of drug-likeness (QED) is 0.606. The second-order valence-corrected chi connectivity index (χ2v) is 7.99. The molecule has 1 atom stereocenters. The molecule has 0 saturated heterocycles. The normalized spacial score (nSPS) is 16.0. The van der Waals surface area contributed by atoms with E-state index in [0.717, 1.165) is 16.8 Å². The van der Waals surface area contributed by atoms with Crippen LogP contribution in [-0.4, -0.2) is 38.3 Å². The van der Waals surface area contributed by atoms with Crippen LogP contribution < -0.4 is 16.1 Å². The summed E-state index contributed by atoms with van der Waals surface area (Å²) >= 11 is 0. The average Bonchev–Trinajstić information content (AvgIpc) is 3.10. The second-order valence-electron chi connectivity index (χ2n) is 7.99. The molecule has 1 aliphatic rings. The van der Waals surface area contributed by atoms with Crippen LogP contribution in [0.2, 0.25) is 0 Å². The van der Waals surface area contributed by atoms with Gasteiger partial charge in [0.2, 0.25) is 5.95 Å². The Bertz CT molecular complexity index is 1280. The van der Waals surface area contributed by atoms with Gasteiger partial charge in [-0.05, 0) is 43.0 Å². The summed E-state index contributed by atoms with van der Waals surface area (Å²) in [6.07, 6.45) is 0. The Morgan fingerprint density at radius 2 is 1.93 bits per heavy atom. The van der Waals surface area contributed by atoms with Gasteiger partial charge in [-0.15, -0.1) is 0 Å². The smallest absolute Gasteiger partial charge is 0.333 e. The van der Waals surface area contributed by atoms with Crippen LogP contribution in [0.3, 0.4) is 0 Å². The van der Waals surface area contributed by atoms with Crippen molar-refractivity contribution in [3.05, 3.63) is 50.2 Å². The van der Waals surface area contributed by atoms with Crippen molar-refractivity contribution in [2.75, 3.05) is 18.6 Å². The third-order valence-electron chi connectivity index (χ3n) is 5.76. The first-order valence-electron chi connectivity index (χ1n) is 9.84. The van der Waals surface area contributed by atoms with Gasteiger partial charge in [-0.1, -0.05) is 13.0 Å². The number of benzene rings is 1. The van der Waals surface area contributed by atoms with Crippen molar-refractivity contribution in [2.24, 2.45) is 13.0 Å². The second kappa shape index (κ2) is 7.16. The minimum atomic E-state index is -0.656. The van der Waals surface area contributed by atoms with Crippen molar-refractivity contribution in [2.45, 2.75) is 33.9 Å². The van der Waals surface area contributed by atoms with Gasteiger partial charge in [0.15, 0.2) is 11.2 Å². The molecule has 3 heterocycles. The number of aromatic nitrogens is 4. The van der Waals surface area contributed by atoms with E-state index in [1.807, 2.05) is 10.6 Å². The van der Waals surface area contributed by atoms with Gasteiger partial charge in [-0.3, -0.25) is 14.2 Å². The predicted octanol–water partition coefficient (Wildman–Crippen LogP) is 1.47. The number of carbonyl (C=O) groups excluding carboxylic acids is 1. The Hall–Kier alpha value is -3.36. The Morgan fingerprint density at radius 3 is 2.60 bits per heavy atom. The van der Waals surface area contributed by atoms with E-state index in [1.54, 1.807) is 7.05 Å². The molecule has 0 N–H and O–H groups in total. The van der Waals surface area contributed by atoms with Crippen molar-refractivity contribution >= 4 is 28.8 Å². The van der Waals surface area contributed by atoms with Crippen LogP contribution in [0.4, 0.5) is 11.6 Å². The third-order valence-corrected chi connectivity index (χ3v) is 5.76. The van der Waals surface area contributed by atoms with Crippen molar-refractivity contribution < 1.29 is 9.53 Å². The highest BCUT2D eigenvalue weighted by atomic mass is 16.5. The minimum Gasteiger partial charge on any atom is -0.468 e. The summed E-state index contributed by atoms with van der Waals surface area (Å²) in [6.45, 7) is 7.14. The number of methoxy groups -OCH3 is 1. The zero-order chi connectivity index (χ0) is 21.7. The lowest BCUT2D eigenvalue weighted by Crippen LogP contribution is -2.42. The molecular weight excluding hydrogens is 386 g/mol. The SMILES string of the molecule is COC(=O)Cn1c(=O)c2c(nc3n2C[C@@H](C)CN3c2ccc(C)c(C)c2)n(C)c1=O. The summed E-state index contributed by atoms with van der Waals surface area (Å²) < 4.78 is 8.72. The van der Waals surface area contributed by atoms with E-state index in [0.29, 0.717) is 23.7 Å². The van der Waals surface area contributed by atoms with Crippen LogP contribution in [0.25, 0.3) is 11.2 Å². The molecule has 0 amide bonds. The summed E-state index contributed by atoms with van der Waals surface area (Å²) in [5.74, 6) is 0.216. The number of aryl methyl sites for hydroxylation is 3. The number of hydrogen-bond acceptors (Lipinski definition) is 6. The molecule has 3 aromatic rings. The molecule has 0 aliphatic carbocycles. The van der Waals surface area contributed by atoms with Crippen LogP contribution in [0.5, 0.6) is 0 Å². The van der Waals surface area contributed by atoms with Gasteiger partial charge in [-0.25, -0.2) is 9.36 Å². The molecule has 0 saturated carbocycles. The molecule has 0 spiro atoms. The Kier molecular flexibility index (Phi) is 4.76. The molecule has 0 fully saturated rings. The molecule has 9 nitrogen and oxygen atoms in total. The maximum Gasteiger partial charge on any atom is 0.333 e. The summed E-state index contributed by atoms with van der Waals surface area (Å²) in [5, 5.41) is 0. The first-order chi connectivity index (χ1) is 14.2. The van der Waals surface area contributed by atoms with E-state index >= 15 is 0 Å². The summed E-state index contributed by atoms with van der Waals surface area (Å²) in [4.78, 5) is 44.4. The lowest BCUT2D eigenvalue weighted by molar-refractivity contribution is -0.141. The highest BCUT2D eigenvalue weighted by Gasteiger charge is 2.30. The Labute approximate surface area is 173 Å². The molecule has 9 heteroatoms. The molecule has 0 bridgehead atoms. The molecular formula is C21H25N5O4. The summed E-state index contributed by atoms with van der Waals surface area (Å²) in [6, 6.07) is 6.21. The van der Waals surface area contributed by atoms with Gasteiger partial charge in [0.25, 0.3) is 5.56 Å². The highest BCUT2D eigenvalue weighted by Crippen LogP contribution is 2.33. The number of rotatable bonds is 3. The Balaban J connectivity index is 1.98. The maximum absolute atomic E-state index is 13.2. The van der Waals surface area contributed by atoms with Crippen LogP contribution >= 0.6 is 0 Å². The van der Waals surface area contributed by atoms with Crippen LogP contribution in [0.15, 0.2) is 27.8 Å². The fraction of sp³-hybridized carbons (Fsp3) is 0.429. The predicted molar refractivity (Wildman–Crippen MR) is 113 cm³/mol. The number of imidazole rings is 1. The first kappa shape index (κ1) is 19.9. The van der Waals surface area contributed by atoms with Crippen LogP contribution in [-0.2, 0) is 29.7 Å². The number of carbonyl (C=O) groups is 1. The van der Waals surface area contributed by atoms with E-state index < -0.39 is 23.8 Å². The number of hydrogen-bond donors (Lipinski definition) is 0. The molecule has 0 unspecified atom stereocenters. The van der Waals surface area contributed by atoms with Gasteiger partial charge in [0.1, 0.15) is 6.54 Å². The fourth-order valence-electron chi connectivity index (χ4n) is 3.95. The van der Waals surface area contributed by atoms with E-state index in [4.69, 9.17) is 0 Å². The standard InChI is InChI=1S/C21H25N5O4/c1-12-9-24(15-7-6-13(2)14(3)8-15)20-22-18-17(25(20)10-12)19(28)26(11-16(27)30-5)21(29)23(18)4/h6-8,12H,9-11H2,1-5H3/t12-/m0/s1. The Morgan fingerprint density at radius 1 is 1.20 bits per heavy atom. The van der Waals surface area contributed by atoms with E-state index in [1.165, 1.54) is 22.8 Å². The zero-order valence-corrected chi connectivity index (χ0v) is 17.8. The molecule has 2 aromatic heterocycles. The lowest BCUT2D eigenvalue weighted by atomic mass is 10.1. The van der Waals surface area contributed by atoms with E-state index in [-0.39, 0.29) is 5.92 Å². The van der Waals surface area contributed by atoms with Crippen molar-refractivity contribution in [3.8, 4) is 0 Å². The average molecular weight is 411 g/mol. The first-order valence-corrected chi connectivity index (χ1v) is 9.84. The highest BCUT2D eigenvalue weighted by molar-refractivity contribution is 5.78. The lowest BCUT2D eigenvalue weighted by Gasteiger charge is -2.33. The number of nitrogens with zero attached hydrogens (tertiary/aromatic N) is 5. The number of anilines is 2. The largest absolute Gasteiger partial charge is 0.468 e. The third kappa shape index (κ3) is 3.01. The molecule has 0 radical (unpaired) electrons. The monoisotopic (exact) mass is 411 g/mol. The van der Waals surface area contributed by atoms with Crippen molar-refractivity contribution in [1.29, 1.82) is 0 Å². The zero-order valence-electron chi connectivity index (χ0n) is 17.8. The van der Waals surface area contributed by atoms with Gasteiger partial charge < -0.3 is 14.2 Å². The fourth-order valence-corrected chi connectivity index (χ4v) is 3.95. The number of esters is 1. The van der Waals surface area contributed by atoms with Crippen LogP contribution in [0, 0.1) is 19.8 Å². The summed E-state index contributed by atoms with van der Waals surface area (Å²) in [5.41, 5.74) is 2.85. The number of ether oxygens (including phenoxy) is 1. The van der Waals surface area contributed by atoms with Gasteiger partial charge in [0, 0.05) is 25.8 Å². The van der Waals surface area contributed by atoms with E-state index in [2.05, 4.69) is 47.5 Å². The molecule has 4 rings (SSSR count). The van der Waals surface area contributed by atoms with Crippen LogP contribution in [0.1, 0.15) is 18.1 Å². The topological polar surface area (TPSA) is 91.4 Å². The van der Waals surface area contributed by atoms with E-state index in [9.17, 15) is 14.4 Å². The molecule has 158 valence electrons. The summed E-state index contributed by atoms with van der Waals surface area (Å²) in [7, 11) is 2.78. The molecule has 1 aliphatic heterocycles. The van der Waals surface area contributed by atoms with Gasteiger partial charge in [-0.2, -0.15) is 4.98 Å². The van der Waals surface area contributed by atoms with Crippen molar-refractivity contribution in [1.82, 2.24) is 18.7 Å². The number of fused-ring (bicyclic) bond motifs is 3.